The molecule has 154 valence electrons. The van der Waals surface area contributed by atoms with Gasteiger partial charge in [-0.2, -0.15) is 0 Å². The molecule has 11 heteroatoms. The predicted octanol–water partition coefficient (Wildman–Crippen LogP) is -1.83. The van der Waals surface area contributed by atoms with Gasteiger partial charge in [0.2, 0.25) is 11.8 Å². The molecule has 0 saturated heterocycles. The summed E-state index contributed by atoms with van der Waals surface area (Å²) in [4.78, 5) is 46.7. The van der Waals surface area contributed by atoms with Gasteiger partial charge in [0.15, 0.2) is 0 Å². The molecule has 0 fully saturated rings. The van der Waals surface area contributed by atoms with Crippen LogP contribution in [0, 0.1) is 0 Å². The lowest BCUT2D eigenvalue weighted by Crippen LogP contribution is -2.57. The van der Waals surface area contributed by atoms with Crippen LogP contribution in [0.15, 0.2) is 24.3 Å². The fourth-order valence-corrected chi connectivity index (χ4v) is 2.21. The Morgan fingerprint density at radius 2 is 1.54 bits per heavy atom. The molecule has 0 spiro atoms. The largest absolute Gasteiger partial charge is 0.508 e. The number of aliphatic carboxylic acids is 2. The molecule has 1 rings (SSSR count). The zero-order chi connectivity index (χ0) is 21.4. The van der Waals surface area contributed by atoms with Crippen LogP contribution in [0.1, 0.15) is 18.9 Å². The summed E-state index contributed by atoms with van der Waals surface area (Å²) in [6, 6.07) is 1.25. The molecule has 0 radical (unpaired) electrons. The lowest BCUT2D eigenvalue weighted by atomic mass is 10.0. The molecule has 0 aromatic heterocycles. The molecule has 0 heterocycles. The van der Waals surface area contributed by atoms with Crippen LogP contribution in [0.25, 0.3) is 0 Å². The van der Waals surface area contributed by atoms with E-state index in [-0.39, 0.29) is 12.2 Å². The molecule has 1 aromatic carbocycles. The van der Waals surface area contributed by atoms with Gasteiger partial charge in [0.1, 0.15) is 23.9 Å². The van der Waals surface area contributed by atoms with E-state index in [4.69, 9.17) is 10.8 Å². The molecular weight excluding hydrogens is 374 g/mol. The van der Waals surface area contributed by atoms with Gasteiger partial charge in [0.25, 0.3) is 0 Å². The minimum Gasteiger partial charge on any atom is -0.508 e. The fourth-order valence-electron chi connectivity index (χ4n) is 2.21. The maximum atomic E-state index is 12.4. The maximum Gasteiger partial charge on any atom is 0.326 e. The van der Waals surface area contributed by atoms with Crippen molar-refractivity contribution in [3.8, 4) is 5.75 Å². The Labute approximate surface area is 160 Å². The minimum atomic E-state index is -1.59. The summed E-state index contributed by atoms with van der Waals surface area (Å²) >= 11 is 0. The van der Waals surface area contributed by atoms with E-state index in [0.717, 1.165) is 0 Å². The van der Waals surface area contributed by atoms with Crippen molar-refractivity contribution in [3.63, 3.8) is 0 Å². The highest BCUT2D eigenvalue weighted by atomic mass is 16.4. The number of carboxylic acid groups (broad SMARTS) is 2. The van der Waals surface area contributed by atoms with Crippen molar-refractivity contribution in [2.75, 3.05) is 0 Å². The SMILES string of the molecule is CC(O)C(N)C(=O)NC(CC(=O)O)C(=O)NC(Cc1ccc(O)cc1)C(=O)O. The summed E-state index contributed by atoms with van der Waals surface area (Å²) in [5.41, 5.74) is 5.95. The number of carboxylic acids is 2. The average Bonchev–Trinajstić information content (AvgIpc) is 2.60. The second-order valence-corrected chi connectivity index (χ2v) is 6.20. The lowest BCUT2D eigenvalue weighted by Gasteiger charge is -2.22. The first-order chi connectivity index (χ1) is 13.0. The summed E-state index contributed by atoms with van der Waals surface area (Å²) in [6.07, 6.45) is -2.19. The van der Waals surface area contributed by atoms with Crippen LogP contribution in [0.4, 0.5) is 0 Å². The van der Waals surface area contributed by atoms with E-state index in [1.807, 2.05) is 0 Å². The lowest BCUT2D eigenvalue weighted by molar-refractivity contribution is -0.143. The normalized spacial score (nSPS) is 15.0. The van der Waals surface area contributed by atoms with Crippen molar-refractivity contribution >= 4 is 23.8 Å². The van der Waals surface area contributed by atoms with Crippen LogP contribution < -0.4 is 16.4 Å². The molecule has 0 bridgehead atoms. The smallest absolute Gasteiger partial charge is 0.326 e. The van der Waals surface area contributed by atoms with E-state index in [2.05, 4.69) is 10.6 Å². The van der Waals surface area contributed by atoms with E-state index in [1.165, 1.54) is 31.2 Å². The zero-order valence-electron chi connectivity index (χ0n) is 15.0. The van der Waals surface area contributed by atoms with Crippen LogP contribution in [0.2, 0.25) is 0 Å². The zero-order valence-corrected chi connectivity index (χ0v) is 15.0. The van der Waals surface area contributed by atoms with Crippen molar-refractivity contribution in [1.29, 1.82) is 0 Å². The Morgan fingerprint density at radius 3 is 2.00 bits per heavy atom. The number of amides is 2. The first-order valence-electron chi connectivity index (χ1n) is 8.28. The molecular formula is C17H23N3O8. The number of hydrogen-bond donors (Lipinski definition) is 7. The van der Waals surface area contributed by atoms with Crippen LogP contribution in [-0.4, -0.2) is 68.4 Å². The predicted molar refractivity (Wildman–Crippen MR) is 95.2 cm³/mol. The summed E-state index contributed by atoms with van der Waals surface area (Å²) < 4.78 is 0. The van der Waals surface area contributed by atoms with Crippen LogP contribution >= 0.6 is 0 Å². The third-order valence-electron chi connectivity index (χ3n) is 3.82. The van der Waals surface area contributed by atoms with Crippen molar-refractivity contribution in [1.82, 2.24) is 10.6 Å². The number of aliphatic hydroxyl groups is 1. The first-order valence-corrected chi connectivity index (χ1v) is 8.28. The number of aromatic hydroxyl groups is 1. The molecule has 0 saturated carbocycles. The third kappa shape index (κ3) is 7.21. The van der Waals surface area contributed by atoms with E-state index < -0.39 is 54.4 Å². The highest BCUT2D eigenvalue weighted by Gasteiger charge is 2.30. The number of carbonyl (C=O) groups excluding carboxylic acids is 2. The second kappa shape index (κ2) is 10.2. The highest BCUT2D eigenvalue weighted by Crippen LogP contribution is 2.11. The fraction of sp³-hybridized carbons (Fsp3) is 0.412. The summed E-state index contributed by atoms with van der Waals surface area (Å²) in [6.45, 7) is 1.24. The van der Waals surface area contributed by atoms with Crippen LogP contribution in [0.3, 0.4) is 0 Å². The van der Waals surface area contributed by atoms with E-state index >= 15 is 0 Å². The number of rotatable bonds is 10. The Balaban J connectivity index is 2.89. The highest BCUT2D eigenvalue weighted by molar-refractivity contribution is 5.94. The van der Waals surface area contributed by atoms with E-state index in [9.17, 15) is 34.5 Å². The molecule has 0 aliphatic heterocycles. The number of nitrogens with one attached hydrogen (secondary N) is 2. The maximum absolute atomic E-state index is 12.4. The number of aliphatic hydroxyl groups excluding tert-OH is 1. The molecule has 0 aliphatic carbocycles. The van der Waals surface area contributed by atoms with Gasteiger partial charge in [-0.05, 0) is 24.6 Å². The molecule has 4 unspecified atom stereocenters. The molecule has 11 nitrogen and oxygen atoms in total. The summed E-state index contributed by atoms with van der Waals surface area (Å²) in [7, 11) is 0. The quantitative estimate of drug-likeness (QED) is 0.237. The summed E-state index contributed by atoms with van der Waals surface area (Å²) in [5, 5.41) is 41.1. The summed E-state index contributed by atoms with van der Waals surface area (Å²) in [5.74, 6) is -4.78. The number of hydrogen-bond acceptors (Lipinski definition) is 7. The Bertz CT molecular complexity index is 720. The van der Waals surface area contributed by atoms with Crippen molar-refractivity contribution < 1.29 is 39.6 Å². The Kier molecular flexibility index (Phi) is 8.35. The van der Waals surface area contributed by atoms with Crippen molar-refractivity contribution in [2.24, 2.45) is 5.73 Å². The molecule has 4 atom stereocenters. The molecule has 1 aromatic rings. The third-order valence-corrected chi connectivity index (χ3v) is 3.82. The monoisotopic (exact) mass is 397 g/mol. The van der Waals surface area contributed by atoms with Gasteiger partial charge < -0.3 is 36.8 Å². The number of phenolic OH excluding ortho intramolecular Hbond substituents is 1. The molecule has 8 N–H and O–H groups in total. The topological polar surface area (TPSA) is 199 Å². The van der Waals surface area contributed by atoms with Crippen molar-refractivity contribution in [3.05, 3.63) is 29.8 Å². The second-order valence-electron chi connectivity index (χ2n) is 6.20. The Morgan fingerprint density at radius 1 is 1.00 bits per heavy atom. The van der Waals surface area contributed by atoms with Gasteiger partial charge in [0.05, 0.1) is 12.5 Å². The average molecular weight is 397 g/mol. The van der Waals surface area contributed by atoms with Gasteiger partial charge >= 0.3 is 11.9 Å². The molecule has 2 amide bonds. The Hall–Kier alpha value is -3.18. The number of benzene rings is 1. The van der Waals surface area contributed by atoms with Gasteiger partial charge in [-0.15, -0.1) is 0 Å². The van der Waals surface area contributed by atoms with E-state index in [1.54, 1.807) is 0 Å². The van der Waals surface area contributed by atoms with Gasteiger partial charge in [-0.25, -0.2) is 4.79 Å². The van der Waals surface area contributed by atoms with Gasteiger partial charge in [-0.1, -0.05) is 12.1 Å². The number of nitrogens with two attached hydrogens (primary N) is 1. The standard InChI is InChI=1S/C17H23N3O8/c1-8(21)14(18)16(26)19-11(7-13(23)24)15(25)20-12(17(27)28)6-9-2-4-10(22)5-3-9/h2-5,8,11-12,14,21-22H,6-7,18H2,1H3,(H,19,26)(H,20,25)(H,23,24)(H,27,28). The van der Waals surface area contributed by atoms with Gasteiger partial charge in [0, 0.05) is 6.42 Å². The number of carbonyl (C=O) groups is 4. The van der Waals surface area contributed by atoms with Gasteiger partial charge in [-0.3, -0.25) is 14.4 Å². The first kappa shape index (κ1) is 22.9. The van der Waals surface area contributed by atoms with Crippen LogP contribution in [0.5, 0.6) is 5.75 Å². The molecule has 0 aliphatic rings. The number of phenols is 1. The molecule has 28 heavy (non-hydrogen) atoms. The van der Waals surface area contributed by atoms with Crippen molar-refractivity contribution in [2.45, 2.75) is 44.0 Å². The van der Waals surface area contributed by atoms with Crippen LogP contribution in [-0.2, 0) is 25.6 Å². The minimum absolute atomic E-state index is 0.0154. The van der Waals surface area contributed by atoms with E-state index in [0.29, 0.717) is 5.56 Å².